The van der Waals surface area contributed by atoms with Gasteiger partial charge in [-0.25, -0.2) is 9.97 Å². The highest BCUT2D eigenvalue weighted by Gasteiger charge is 2.33. The van der Waals surface area contributed by atoms with Crippen molar-refractivity contribution in [3.8, 4) is 11.3 Å². The molecule has 206 valence electrons. The van der Waals surface area contributed by atoms with E-state index in [1.54, 1.807) is 43.5 Å². The minimum absolute atomic E-state index is 0.224. The maximum absolute atomic E-state index is 13.5. The minimum atomic E-state index is -0.754. The number of aromatic nitrogens is 3. The Morgan fingerprint density at radius 1 is 1.23 bits per heavy atom. The van der Waals surface area contributed by atoms with E-state index in [1.807, 2.05) is 10.8 Å². The van der Waals surface area contributed by atoms with E-state index in [2.05, 4.69) is 20.6 Å². The second-order valence-corrected chi connectivity index (χ2v) is 10.5. The van der Waals surface area contributed by atoms with Crippen molar-refractivity contribution in [2.45, 2.75) is 44.4 Å². The second-order valence-electron chi connectivity index (χ2n) is 9.70. The molecular formula is C27H30Cl2N6O4. The highest BCUT2D eigenvalue weighted by molar-refractivity contribution is 6.33. The summed E-state index contributed by atoms with van der Waals surface area (Å²) in [5.41, 5.74) is 2.35. The van der Waals surface area contributed by atoms with Crippen molar-refractivity contribution in [3.63, 3.8) is 0 Å². The molecular weight excluding hydrogens is 543 g/mol. The number of nitrogens with one attached hydrogen (secondary N) is 2. The van der Waals surface area contributed by atoms with E-state index >= 15 is 0 Å². The van der Waals surface area contributed by atoms with E-state index in [1.165, 1.54) is 4.90 Å². The first-order valence-electron chi connectivity index (χ1n) is 12.9. The van der Waals surface area contributed by atoms with Crippen molar-refractivity contribution < 1.29 is 19.4 Å². The third kappa shape index (κ3) is 6.04. The average molecular weight is 573 g/mol. The van der Waals surface area contributed by atoms with Gasteiger partial charge < -0.3 is 29.9 Å². The molecule has 1 fully saturated rings. The molecule has 0 saturated carbocycles. The molecule has 12 heteroatoms. The van der Waals surface area contributed by atoms with E-state index in [0.717, 1.165) is 12.8 Å². The van der Waals surface area contributed by atoms with Crippen LogP contribution in [0.1, 0.15) is 41.9 Å². The van der Waals surface area contributed by atoms with Crippen molar-refractivity contribution in [2.75, 3.05) is 31.7 Å². The van der Waals surface area contributed by atoms with Crippen molar-refractivity contribution in [3.05, 3.63) is 64.0 Å². The number of halogens is 2. The van der Waals surface area contributed by atoms with Gasteiger partial charge in [-0.2, -0.15) is 0 Å². The summed E-state index contributed by atoms with van der Waals surface area (Å²) in [5.74, 6) is -0.170. The maximum Gasteiger partial charge on any atom is 0.271 e. The topological polar surface area (TPSA) is 122 Å². The number of fused-ring (bicyclic) bond motifs is 1. The molecule has 39 heavy (non-hydrogen) atoms. The SMILES string of the molecule is C[C@@H](C(=O)N[C@H](CO)c1cccc(Cl)c1)N1CCn2cc(-c3nc(NC4CCOCC4)ncc3Cl)cc2C1=O. The zero-order valence-corrected chi connectivity index (χ0v) is 23.0. The smallest absolute Gasteiger partial charge is 0.271 e. The third-order valence-corrected chi connectivity index (χ3v) is 7.64. The van der Waals surface area contributed by atoms with Crippen molar-refractivity contribution >= 4 is 41.0 Å². The quantitative estimate of drug-likeness (QED) is 0.377. The van der Waals surface area contributed by atoms with Crippen LogP contribution in [0.4, 0.5) is 5.95 Å². The Morgan fingerprint density at radius 3 is 2.77 bits per heavy atom. The van der Waals surface area contributed by atoms with Gasteiger partial charge in [0.2, 0.25) is 11.9 Å². The lowest BCUT2D eigenvalue weighted by molar-refractivity contribution is -0.126. The average Bonchev–Trinajstić information content (AvgIpc) is 3.38. The molecule has 2 atom stereocenters. The lowest BCUT2D eigenvalue weighted by Gasteiger charge is -2.33. The lowest BCUT2D eigenvalue weighted by atomic mass is 10.1. The number of anilines is 1. The van der Waals surface area contributed by atoms with Crippen LogP contribution in [0, 0.1) is 0 Å². The minimum Gasteiger partial charge on any atom is -0.394 e. The Bertz CT molecular complexity index is 1360. The van der Waals surface area contributed by atoms with E-state index < -0.39 is 12.1 Å². The van der Waals surface area contributed by atoms with Gasteiger partial charge >= 0.3 is 0 Å². The largest absolute Gasteiger partial charge is 0.394 e. The van der Waals surface area contributed by atoms with Crippen LogP contribution in [0.15, 0.2) is 42.7 Å². The number of aliphatic hydroxyl groups is 1. The van der Waals surface area contributed by atoms with Gasteiger partial charge in [0.05, 0.1) is 29.6 Å². The molecule has 2 aliphatic heterocycles. The molecule has 2 amide bonds. The molecule has 2 aromatic heterocycles. The number of carbonyl (C=O) groups excluding carboxylic acids is 2. The number of rotatable bonds is 8. The Labute approximate surface area is 236 Å². The number of carbonyl (C=O) groups is 2. The van der Waals surface area contributed by atoms with Crippen LogP contribution in [0.25, 0.3) is 11.3 Å². The van der Waals surface area contributed by atoms with Gasteiger partial charge in [0, 0.05) is 49.1 Å². The predicted octanol–water partition coefficient (Wildman–Crippen LogP) is 3.54. The number of amides is 2. The number of hydrogen-bond acceptors (Lipinski definition) is 7. The van der Waals surface area contributed by atoms with Gasteiger partial charge in [-0.3, -0.25) is 9.59 Å². The summed E-state index contributed by atoms with van der Waals surface area (Å²) in [6.07, 6.45) is 5.15. The number of nitrogens with zero attached hydrogens (tertiary/aromatic N) is 4. The van der Waals surface area contributed by atoms with Gasteiger partial charge in [0.1, 0.15) is 11.7 Å². The molecule has 0 radical (unpaired) electrons. The molecule has 4 heterocycles. The molecule has 5 rings (SSSR count). The van der Waals surface area contributed by atoms with Gasteiger partial charge in [0.25, 0.3) is 5.91 Å². The normalized spacial score (nSPS) is 17.4. The number of ether oxygens (including phenoxy) is 1. The molecule has 0 spiro atoms. The molecule has 0 bridgehead atoms. The van der Waals surface area contributed by atoms with Crippen molar-refractivity contribution in [1.29, 1.82) is 0 Å². The highest BCUT2D eigenvalue weighted by Crippen LogP contribution is 2.30. The van der Waals surface area contributed by atoms with Crippen LogP contribution < -0.4 is 10.6 Å². The third-order valence-electron chi connectivity index (χ3n) is 7.13. The summed E-state index contributed by atoms with van der Waals surface area (Å²) < 4.78 is 7.27. The standard InChI is InChI=1S/C27H30Cl2N6O4/c1-16(25(37)32-22(15-36)17-3-2-4-19(28)11-17)35-8-7-34-14-18(12-23(34)26(35)38)24-21(29)13-30-27(33-24)31-20-5-9-39-10-6-20/h2-4,11-14,16,20,22,36H,5-10,15H2,1H3,(H,32,37)(H,30,31,33)/t16-,22+/m0/s1. The second kappa shape index (κ2) is 11.9. The first-order valence-corrected chi connectivity index (χ1v) is 13.6. The van der Waals surface area contributed by atoms with Crippen molar-refractivity contribution in [1.82, 2.24) is 24.8 Å². The summed E-state index contributed by atoms with van der Waals surface area (Å²) in [6.45, 7) is 3.62. The van der Waals surface area contributed by atoms with Crippen LogP contribution in [0.5, 0.6) is 0 Å². The molecule has 2 aliphatic rings. The molecule has 0 unspecified atom stereocenters. The fourth-order valence-corrected chi connectivity index (χ4v) is 5.29. The summed E-state index contributed by atoms with van der Waals surface area (Å²) in [6, 6.07) is 7.52. The first kappa shape index (κ1) is 27.4. The molecule has 1 aromatic carbocycles. The fourth-order valence-electron chi connectivity index (χ4n) is 4.89. The first-order chi connectivity index (χ1) is 18.8. The van der Waals surface area contributed by atoms with E-state index in [9.17, 15) is 14.7 Å². The Morgan fingerprint density at radius 2 is 2.03 bits per heavy atom. The fraction of sp³-hybridized carbons (Fsp3) is 0.407. The van der Waals surface area contributed by atoms with Crippen molar-refractivity contribution in [2.24, 2.45) is 0 Å². The van der Waals surface area contributed by atoms with Gasteiger partial charge in [0.15, 0.2) is 0 Å². The monoisotopic (exact) mass is 572 g/mol. The Balaban J connectivity index is 1.30. The van der Waals surface area contributed by atoms with Gasteiger partial charge in [-0.1, -0.05) is 35.3 Å². The van der Waals surface area contributed by atoms with E-state index in [4.69, 9.17) is 27.9 Å². The Hall–Kier alpha value is -3.18. The number of hydrogen-bond donors (Lipinski definition) is 3. The molecule has 10 nitrogen and oxygen atoms in total. The van der Waals surface area contributed by atoms with E-state index in [0.29, 0.717) is 64.8 Å². The summed E-state index contributed by atoms with van der Waals surface area (Å²) in [5, 5.41) is 16.9. The van der Waals surface area contributed by atoms with Crippen LogP contribution in [0.2, 0.25) is 10.0 Å². The molecule has 3 aromatic rings. The van der Waals surface area contributed by atoms with Crippen LogP contribution in [-0.2, 0) is 16.1 Å². The number of aliphatic hydroxyl groups excluding tert-OH is 1. The molecule has 3 N–H and O–H groups in total. The lowest BCUT2D eigenvalue weighted by Crippen LogP contribution is -2.52. The predicted molar refractivity (Wildman–Crippen MR) is 148 cm³/mol. The summed E-state index contributed by atoms with van der Waals surface area (Å²) in [4.78, 5) is 37.0. The van der Waals surface area contributed by atoms with E-state index in [-0.39, 0.29) is 24.5 Å². The van der Waals surface area contributed by atoms with Gasteiger partial charge in [-0.05, 0) is 43.5 Å². The zero-order valence-electron chi connectivity index (χ0n) is 21.4. The van der Waals surface area contributed by atoms with Gasteiger partial charge in [-0.15, -0.1) is 0 Å². The highest BCUT2D eigenvalue weighted by atomic mass is 35.5. The van der Waals surface area contributed by atoms with Crippen LogP contribution >= 0.6 is 23.2 Å². The van der Waals surface area contributed by atoms with Crippen LogP contribution in [-0.4, -0.2) is 74.8 Å². The Kier molecular flexibility index (Phi) is 8.37. The molecule has 0 aliphatic carbocycles. The summed E-state index contributed by atoms with van der Waals surface area (Å²) >= 11 is 12.5. The van der Waals surface area contributed by atoms with Crippen LogP contribution in [0.3, 0.4) is 0 Å². The zero-order chi connectivity index (χ0) is 27.5. The molecule has 1 saturated heterocycles. The summed E-state index contributed by atoms with van der Waals surface area (Å²) in [7, 11) is 0. The number of benzene rings is 1. The maximum atomic E-state index is 13.5.